The minimum Gasteiger partial charge on any atom is -0.504 e. The smallest absolute Gasteiger partial charge is 0.309 e. The summed E-state index contributed by atoms with van der Waals surface area (Å²) in [6.07, 6.45) is 1.22. The van der Waals surface area contributed by atoms with Crippen molar-refractivity contribution in [2.75, 3.05) is 27.9 Å². The van der Waals surface area contributed by atoms with Crippen LogP contribution >= 0.6 is 0 Å². The van der Waals surface area contributed by atoms with Crippen molar-refractivity contribution in [1.82, 2.24) is 0 Å². The van der Waals surface area contributed by atoms with Crippen LogP contribution in [-0.4, -0.2) is 39.0 Å². The Morgan fingerprint density at radius 3 is 2.15 bits per heavy atom. The molecule has 0 bridgehead atoms. The molecule has 0 radical (unpaired) electrons. The number of ether oxygens (including phenoxy) is 4. The van der Waals surface area contributed by atoms with Crippen molar-refractivity contribution in [1.29, 1.82) is 0 Å². The van der Waals surface area contributed by atoms with Crippen LogP contribution in [0.25, 0.3) is 11.1 Å². The highest BCUT2D eigenvalue weighted by molar-refractivity contribution is 5.80. The Kier molecular flexibility index (Phi) is 4.34. The summed E-state index contributed by atoms with van der Waals surface area (Å²) in [5, 5.41) is 10.3. The molecule has 0 aromatic heterocycles. The fraction of sp³-hybridized carbons (Fsp3) is 0.381. The maximum absolute atomic E-state index is 12.3. The number of esters is 1. The molecule has 2 atom stereocenters. The second kappa shape index (κ2) is 6.68. The number of benzene rings is 2. The normalized spacial score (nSPS) is 20.5. The van der Waals surface area contributed by atoms with E-state index in [4.69, 9.17) is 18.9 Å². The number of cyclic esters (lactones) is 1. The molecule has 0 amide bonds. The largest absolute Gasteiger partial charge is 0.504 e. The molecule has 2 aromatic rings. The van der Waals surface area contributed by atoms with Crippen LogP contribution in [0.4, 0.5) is 0 Å². The van der Waals surface area contributed by atoms with Crippen LogP contribution < -0.4 is 14.2 Å². The molecular weight excluding hydrogens is 348 g/mol. The van der Waals surface area contributed by atoms with Crippen LogP contribution in [0.2, 0.25) is 0 Å². The molecular formula is C21H22O6. The van der Waals surface area contributed by atoms with Gasteiger partial charge in [0.05, 0.1) is 33.9 Å². The van der Waals surface area contributed by atoms with Crippen LogP contribution in [0.15, 0.2) is 24.3 Å². The summed E-state index contributed by atoms with van der Waals surface area (Å²) in [4.78, 5) is 12.3. The highest BCUT2D eigenvalue weighted by Crippen LogP contribution is 2.45. The lowest BCUT2D eigenvalue weighted by molar-refractivity contribution is -0.141. The minimum atomic E-state index is -0.224. The van der Waals surface area contributed by atoms with Gasteiger partial charge >= 0.3 is 5.97 Å². The summed E-state index contributed by atoms with van der Waals surface area (Å²) >= 11 is 0. The summed E-state index contributed by atoms with van der Waals surface area (Å²) < 4.78 is 21.6. The van der Waals surface area contributed by atoms with E-state index in [1.807, 2.05) is 18.2 Å². The molecule has 2 aliphatic rings. The molecule has 4 rings (SSSR count). The van der Waals surface area contributed by atoms with Gasteiger partial charge in [-0.3, -0.25) is 4.79 Å². The van der Waals surface area contributed by atoms with Gasteiger partial charge in [0.15, 0.2) is 23.0 Å². The first-order valence-electron chi connectivity index (χ1n) is 8.87. The Labute approximate surface area is 157 Å². The molecule has 2 aromatic carbocycles. The first-order chi connectivity index (χ1) is 13.0. The van der Waals surface area contributed by atoms with Gasteiger partial charge in [-0.15, -0.1) is 0 Å². The summed E-state index contributed by atoms with van der Waals surface area (Å²) in [6.45, 7) is 0.411. The highest BCUT2D eigenvalue weighted by atomic mass is 16.5. The number of methoxy groups -OCH3 is 3. The Hall–Kier alpha value is -2.89. The molecule has 0 spiro atoms. The zero-order valence-electron chi connectivity index (χ0n) is 15.6. The third-order valence-corrected chi connectivity index (χ3v) is 5.54. The van der Waals surface area contributed by atoms with Gasteiger partial charge in [-0.2, -0.15) is 0 Å². The lowest BCUT2D eigenvalue weighted by Crippen LogP contribution is -2.23. The van der Waals surface area contributed by atoms with Crippen LogP contribution in [0.3, 0.4) is 0 Å². The topological polar surface area (TPSA) is 74.2 Å². The van der Waals surface area contributed by atoms with Crippen molar-refractivity contribution in [2.45, 2.75) is 12.8 Å². The summed E-state index contributed by atoms with van der Waals surface area (Å²) in [5.41, 5.74) is 3.84. The van der Waals surface area contributed by atoms with Gasteiger partial charge in [0, 0.05) is 5.92 Å². The Morgan fingerprint density at radius 2 is 1.48 bits per heavy atom. The molecule has 6 nitrogen and oxygen atoms in total. The number of rotatable bonds is 3. The molecule has 1 fully saturated rings. The number of carbonyl (C=O) groups is 1. The van der Waals surface area contributed by atoms with Crippen molar-refractivity contribution in [2.24, 2.45) is 11.8 Å². The standard InChI is InChI=1S/C21H22O6/c1-24-18-8-14-12(6-17(18)22)5-16-13(10-27-21(16)23)4-11-7-19(25-2)20(26-3)9-15(11)14/h6-9,13,16,22H,4-5,10H2,1-3H3/t13-,16+/m0/s1. The first kappa shape index (κ1) is 17.5. The fourth-order valence-corrected chi connectivity index (χ4v) is 4.11. The average molecular weight is 370 g/mol. The number of hydrogen-bond acceptors (Lipinski definition) is 6. The van der Waals surface area contributed by atoms with Gasteiger partial charge in [0.25, 0.3) is 0 Å². The van der Waals surface area contributed by atoms with E-state index >= 15 is 0 Å². The maximum Gasteiger partial charge on any atom is 0.309 e. The second-order valence-electron chi connectivity index (χ2n) is 6.95. The van der Waals surface area contributed by atoms with Gasteiger partial charge in [-0.25, -0.2) is 0 Å². The third-order valence-electron chi connectivity index (χ3n) is 5.54. The van der Waals surface area contributed by atoms with E-state index < -0.39 is 0 Å². The van der Waals surface area contributed by atoms with E-state index in [1.165, 1.54) is 7.11 Å². The van der Waals surface area contributed by atoms with E-state index in [-0.39, 0.29) is 23.6 Å². The van der Waals surface area contributed by atoms with Crippen LogP contribution in [0.1, 0.15) is 11.1 Å². The second-order valence-corrected chi connectivity index (χ2v) is 6.95. The molecule has 1 aliphatic heterocycles. The summed E-state index contributed by atoms with van der Waals surface area (Å²) in [6, 6.07) is 7.41. The highest BCUT2D eigenvalue weighted by Gasteiger charge is 2.39. The Balaban J connectivity index is 1.97. The molecule has 142 valence electrons. The third kappa shape index (κ3) is 2.85. The number of phenols is 1. The number of carbonyl (C=O) groups excluding carboxylic acids is 1. The van der Waals surface area contributed by atoms with E-state index in [1.54, 1.807) is 20.3 Å². The maximum atomic E-state index is 12.3. The molecule has 1 heterocycles. The van der Waals surface area contributed by atoms with Crippen molar-refractivity contribution in [3.05, 3.63) is 35.4 Å². The molecule has 27 heavy (non-hydrogen) atoms. The number of phenolic OH excluding ortho intramolecular Hbond substituents is 1. The van der Waals surface area contributed by atoms with Crippen molar-refractivity contribution >= 4 is 5.97 Å². The van der Waals surface area contributed by atoms with Gasteiger partial charge < -0.3 is 24.1 Å². The SMILES string of the molecule is COc1cc2c(cc1O)C[C@H]1C(=O)OC[C@@H]1Cc1cc(OC)c(OC)cc1-2. The zero-order chi connectivity index (χ0) is 19.1. The van der Waals surface area contributed by atoms with E-state index in [0.29, 0.717) is 36.7 Å². The predicted octanol–water partition coefficient (Wildman–Crippen LogP) is 2.97. The molecule has 0 saturated carbocycles. The van der Waals surface area contributed by atoms with Crippen LogP contribution in [0.5, 0.6) is 23.0 Å². The van der Waals surface area contributed by atoms with Gasteiger partial charge in [-0.1, -0.05) is 0 Å². The molecule has 1 aliphatic carbocycles. The van der Waals surface area contributed by atoms with Gasteiger partial charge in [-0.05, 0) is 59.4 Å². The monoisotopic (exact) mass is 370 g/mol. The number of aromatic hydroxyl groups is 1. The molecule has 1 saturated heterocycles. The quantitative estimate of drug-likeness (QED) is 0.838. The van der Waals surface area contributed by atoms with E-state index in [9.17, 15) is 9.90 Å². The summed E-state index contributed by atoms with van der Waals surface area (Å²) in [7, 11) is 4.72. The zero-order valence-corrected chi connectivity index (χ0v) is 15.6. The van der Waals surface area contributed by atoms with E-state index in [2.05, 4.69) is 0 Å². The van der Waals surface area contributed by atoms with Crippen molar-refractivity contribution in [3.63, 3.8) is 0 Å². The fourth-order valence-electron chi connectivity index (χ4n) is 4.11. The lowest BCUT2D eigenvalue weighted by atomic mass is 9.78. The van der Waals surface area contributed by atoms with Crippen molar-refractivity contribution in [3.8, 4) is 34.1 Å². The Bertz CT molecular complexity index is 904. The van der Waals surface area contributed by atoms with E-state index in [0.717, 1.165) is 22.3 Å². The molecule has 6 heteroatoms. The van der Waals surface area contributed by atoms with Crippen LogP contribution in [0, 0.1) is 11.8 Å². The Morgan fingerprint density at radius 1 is 0.889 bits per heavy atom. The number of fused-ring (bicyclic) bond motifs is 4. The predicted molar refractivity (Wildman–Crippen MR) is 98.5 cm³/mol. The van der Waals surface area contributed by atoms with Gasteiger partial charge in [0.1, 0.15) is 0 Å². The average Bonchev–Trinajstić information content (AvgIpc) is 3.00. The number of hydrogen-bond donors (Lipinski definition) is 1. The first-order valence-corrected chi connectivity index (χ1v) is 8.87. The minimum absolute atomic E-state index is 0.0572. The van der Waals surface area contributed by atoms with Crippen LogP contribution in [-0.2, 0) is 22.4 Å². The lowest BCUT2D eigenvalue weighted by Gasteiger charge is -2.25. The van der Waals surface area contributed by atoms with Crippen molar-refractivity contribution < 1.29 is 28.8 Å². The molecule has 1 N–H and O–H groups in total. The van der Waals surface area contributed by atoms with Gasteiger partial charge in [0.2, 0.25) is 0 Å². The molecule has 0 unspecified atom stereocenters. The summed E-state index contributed by atoms with van der Waals surface area (Å²) in [5.74, 6) is 1.41.